The molecule has 20 heavy (non-hydrogen) atoms. The molecule has 0 radical (unpaired) electrons. The number of amidine groups is 1. The Morgan fingerprint density at radius 1 is 1.30 bits per heavy atom. The maximum absolute atomic E-state index is 7.57. The van der Waals surface area contributed by atoms with Crippen LogP contribution in [0.25, 0.3) is 0 Å². The van der Waals surface area contributed by atoms with Crippen molar-refractivity contribution in [2.24, 2.45) is 5.73 Å². The van der Waals surface area contributed by atoms with Gasteiger partial charge in [0.25, 0.3) is 0 Å². The third-order valence-corrected chi connectivity index (χ3v) is 3.55. The highest BCUT2D eigenvalue weighted by molar-refractivity contribution is 5.96. The van der Waals surface area contributed by atoms with Crippen molar-refractivity contribution in [1.82, 2.24) is 10.2 Å². The third-order valence-electron chi connectivity index (χ3n) is 3.55. The molecule has 1 aromatic carbocycles. The second-order valence-corrected chi connectivity index (χ2v) is 4.86. The molecule has 0 bridgehead atoms. The lowest BCUT2D eigenvalue weighted by Gasteiger charge is -2.26. The number of nitrogens with one attached hydrogen (secondary N) is 1. The lowest BCUT2D eigenvalue weighted by Crippen LogP contribution is -2.19. The monoisotopic (exact) mass is 268 g/mol. The standard InChI is InChI=1S/C15H16N4O/c16-14(17)12-8-9-18-19-15(12)20-13-7-3-5-10-4-1-2-6-11(10)13/h1-2,4,6,8-9,13H,3,5,7H2,(H3,16,17). The van der Waals surface area contributed by atoms with Crippen molar-refractivity contribution in [2.75, 3.05) is 0 Å². The van der Waals surface area contributed by atoms with Crippen molar-refractivity contribution in [3.8, 4) is 5.88 Å². The molecule has 0 fully saturated rings. The molecular formula is C15H16N4O. The van der Waals surface area contributed by atoms with Gasteiger partial charge in [0.1, 0.15) is 11.9 Å². The second kappa shape index (κ2) is 5.28. The van der Waals surface area contributed by atoms with E-state index in [4.69, 9.17) is 15.9 Å². The third kappa shape index (κ3) is 2.34. The maximum Gasteiger partial charge on any atom is 0.245 e. The summed E-state index contributed by atoms with van der Waals surface area (Å²) in [5, 5.41) is 15.4. The summed E-state index contributed by atoms with van der Waals surface area (Å²) in [7, 11) is 0. The van der Waals surface area contributed by atoms with Gasteiger partial charge in [-0.05, 0) is 36.5 Å². The predicted molar refractivity (Wildman–Crippen MR) is 75.8 cm³/mol. The van der Waals surface area contributed by atoms with E-state index in [9.17, 15) is 0 Å². The first-order valence-electron chi connectivity index (χ1n) is 6.66. The Kier molecular flexibility index (Phi) is 3.33. The van der Waals surface area contributed by atoms with E-state index in [2.05, 4.69) is 22.3 Å². The smallest absolute Gasteiger partial charge is 0.245 e. The minimum atomic E-state index is -0.0565. The number of benzene rings is 1. The molecule has 1 heterocycles. The van der Waals surface area contributed by atoms with Gasteiger partial charge in [-0.1, -0.05) is 24.3 Å². The van der Waals surface area contributed by atoms with Crippen molar-refractivity contribution in [1.29, 1.82) is 5.41 Å². The molecule has 0 aliphatic heterocycles. The lowest BCUT2D eigenvalue weighted by molar-refractivity contribution is 0.173. The second-order valence-electron chi connectivity index (χ2n) is 4.86. The van der Waals surface area contributed by atoms with Gasteiger partial charge in [-0.25, -0.2) is 0 Å². The minimum absolute atomic E-state index is 0.0465. The molecule has 5 nitrogen and oxygen atoms in total. The summed E-state index contributed by atoms with van der Waals surface area (Å²) < 4.78 is 5.98. The largest absolute Gasteiger partial charge is 0.468 e. The van der Waals surface area contributed by atoms with Crippen molar-refractivity contribution < 1.29 is 4.74 Å². The fourth-order valence-corrected chi connectivity index (χ4v) is 2.58. The number of nitrogens with two attached hydrogens (primary N) is 1. The van der Waals surface area contributed by atoms with E-state index >= 15 is 0 Å². The van der Waals surface area contributed by atoms with Crippen LogP contribution in [0.3, 0.4) is 0 Å². The van der Waals surface area contributed by atoms with E-state index in [1.165, 1.54) is 17.3 Å². The van der Waals surface area contributed by atoms with Gasteiger partial charge in [-0.3, -0.25) is 5.41 Å². The van der Waals surface area contributed by atoms with Gasteiger partial charge in [-0.2, -0.15) is 5.10 Å². The first kappa shape index (κ1) is 12.6. The molecule has 3 N–H and O–H groups in total. The summed E-state index contributed by atoms with van der Waals surface area (Å²) in [5.74, 6) is 0.278. The highest BCUT2D eigenvalue weighted by atomic mass is 16.5. The molecule has 2 aromatic rings. The number of hydrogen-bond donors (Lipinski definition) is 2. The molecule has 0 saturated heterocycles. The van der Waals surface area contributed by atoms with Crippen LogP contribution >= 0.6 is 0 Å². The zero-order valence-corrected chi connectivity index (χ0v) is 11.0. The number of rotatable bonds is 3. The van der Waals surface area contributed by atoms with E-state index in [1.807, 2.05) is 12.1 Å². The molecule has 5 heteroatoms. The van der Waals surface area contributed by atoms with Crippen molar-refractivity contribution in [3.05, 3.63) is 53.2 Å². The van der Waals surface area contributed by atoms with Crippen molar-refractivity contribution in [3.63, 3.8) is 0 Å². The Morgan fingerprint density at radius 2 is 2.15 bits per heavy atom. The fourth-order valence-electron chi connectivity index (χ4n) is 2.58. The molecule has 1 aliphatic carbocycles. The molecule has 1 unspecified atom stereocenters. The average molecular weight is 268 g/mol. The Balaban J connectivity index is 1.92. The van der Waals surface area contributed by atoms with E-state index in [0.717, 1.165) is 19.3 Å². The first-order valence-corrected chi connectivity index (χ1v) is 6.66. The van der Waals surface area contributed by atoms with Gasteiger partial charge in [0.15, 0.2) is 0 Å². The molecule has 1 atom stereocenters. The van der Waals surface area contributed by atoms with Crippen LogP contribution in [-0.2, 0) is 6.42 Å². The number of fused-ring (bicyclic) bond motifs is 1. The molecule has 102 valence electrons. The molecule has 0 spiro atoms. The van der Waals surface area contributed by atoms with E-state index in [-0.39, 0.29) is 11.9 Å². The number of nitrogens with zero attached hydrogens (tertiary/aromatic N) is 2. The van der Waals surface area contributed by atoms with E-state index in [0.29, 0.717) is 11.4 Å². The van der Waals surface area contributed by atoms with Crippen molar-refractivity contribution in [2.45, 2.75) is 25.4 Å². The SMILES string of the molecule is N=C(N)c1ccnnc1OC1CCCc2ccccc21. The quantitative estimate of drug-likeness (QED) is 0.660. The van der Waals surface area contributed by atoms with Crippen LogP contribution in [0.4, 0.5) is 0 Å². The summed E-state index contributed by atoms with van der Waals surface area (Å²) in [6, 6.07) is 9.93. The number of aromatic nitrogens is 2. The van der Waals surface area contributed by atoms with Gasteiger partial charge >= 0.3 is 0 Å². The van der Waals surface area contributed by atoms with E-state index in [1.54, 1.807) is 6.07 Å². The zero-order valence-electron chi connectivity index (χ0n) is 11.0. The van der Waals surface area contributed by atoms with Gasteiger partial charge in [0.05, 0.1) is 11.8 Å². The maximum atomic E-state index is 7.57. The molecule has 0 saturated carbocycles. The fraction of sp³-hybridized carbons (Fsp3) is 0.267. The topological polar surface area (TPSA) is 84.9 Å². The number of hydrogen-bond acceptors (Lipinski definition) is 4. The predicted octanol–water partition coefficient (Wildman–Crippen LogP) is 2.22. The summed E-state index contributed by atoms with van der Waals surface area (Å²) in [5.41, 5.74) is 8.55. The normalized spacial score (nSPS) is 17.3. The minimum Gasteiger partial charge on any atom is -0.468 e. The molecule has 1 aromatic heterocycles. The van der Waals surface area contributed by atoms with Gasteiger partial charge in [-0.15, -0.1) is 5.10 Å². The highest BCUT2D eigenvalue weighted by Gasteiger charge is 2.23. The number of ether oxygens (including phenoxy) is 1. The highest BCUT2D eigenvalue weighted by Crippen LogP contribution is 2.33. The summed E-state index contributed by atoms with van der Waals surface area (Å²) in [6.07, 6.45) is 4.56. The van der Waals surface area contributed by atoms with E-state index < -0.39 is 0 Å². The number of aryl methyl sites for hydroxylation is 1. The van der Waals surface area contributed by atoms with Crippen LogP contribution in [0.15, 0.2) is 36.5 Å². The first-order chi connectivity index (χ1) is 9.75. The van der Waals surface area contributed by atoms with Gasteiger partial charge in [0.2, 0.25) is 5.88 Å². The average Bonchev–Trinajstić information content (AvgIpc) is 2.48. The Morgan fingerprint density at radius 3 is 3.00 bits per heavy atom. The van der Waals surface area contributed by atoms with Crippen LogP contribution < -0.4 is 10.5 Å². The molecule has 0 amide bonds. The lowest BCUT2D eigenvalue weighted by atomic mass is 9.89. The molecular weight excluding hydrogens is 252 g/mol. The van der Waals surface area contributed by atoms with Crippen LogP contribution in [0, 0.1) is 5.41 Å². The Hall–Kier alpha value is -2.43. The summed E-state index contributed by atoms with van der Waals surface area (Å²) >= 11 is 0. The van der Waals surface area contributed by atoms with Gasteiger partial charge < -0.3 is 10.5 Å². The number of nitrogen functional groups attached to an aromatic ring is 1. The van der Waals surface area contributed by atoms with Crippen LogP contribution in [0.5, 0.6) is 5.88 Å². The van der Waals surface area contributed by atoms with Crippen molar-refractivity contribution >= 4 is 5.84 Å². The Labute approximate surface area is 117 Å². The summed E-state index contributed by atoms with van der Waals surface area (Å²) in [6.45, 7) is 0. The zero-order chi connectivity index (χ0) is 13.9. The van der Waals surface area contributed by atoms with Crippen LogP contribution in [0.2, 0.25) is 0 Å². The summed E-state index contributed by atoms with van der Waals surface area (Å²) in [4.78, 5) is 0. The molecule has 3 rings (SSSR count). The van der Waals surface area contributed by atoms with Gasteiger partial charge in [0, 0.05) is 0 Å². The molecule has 1 aliphatic rings. The van der Waals surface area contributed by atoms with Crippen LogP contribution in [-0.4, -0.2) is 16.0 Å². The van der Waals surface area contributed by atoms with Crippen LogP contribution in [0.1, 0.15) is 35.6 Å². The Bertz CT molecular complexity index is 641.